The Morgan fingerprint density at radius 2 is 2.04 bits per heavy atom. The molecule has 1 amide bonds. The first-order chi connectivity index (χ1) is 11.7. The number of hydrogen-bond donors (Lipinski definition) is 2. The van der Waals surface area contributed by atoms with E-state index in [2.05, 4.69) is 20.6 Å². The Hall–Kier alpha value is -2.34. The van der Waals surface area contributed by atoms with E-state index in [1.54, 1.807) is 24.4 Å². The summed E-state index contributed by atoms with van der Waals surface area (Å²) in [7, 11) is 1.53. The van der Waals surface area contributed by atoms with Crippen molar-refractivity contribution in [3.05, 3.63) is 41.3 Å². The fourth-order valence-corrected chi connectivity index (χ4v) is 2.94. The number of anilines is 2. The summed E-state index contributed by atoms with van der Waals surface area (Å²) in [5, 5.41) is 6.59. The summed E-state index contributed by atoms with van der Waals surface area (Å²) in [6, 6.07) is 5.47. The number of aromatic nitrogens is 2. The summed E-state index contributed by atoms with van der Waals surface area (Å²) < 4.78 is 5.21. The van der Waals surface area contributed by atoms with E-state index >= 15 is 0 Å². The van der Waals surface area contributed by atoms with Crippen LogP contribution in [0.3, 0.4) is 0 Å². The molecule has 2 aromatic rings. The lowest BCUT2D eigenvalue weighted by Crippen LogP contribution is -2.18. The summed E-state index contributed by atoms with van der Waals surface area (Å²) in [4.78, 5) is 20.8. The molecule has 24 heavy (non-hydrogen) atoms. The molecule has 0 saturated heterocycles. The number of nitrogens with zero attached hydrogens (tertiary/aromatic N) is 2. The Kier molecular flexibility index (Phi) is 5.15. The van der Waals surface area contributed by atoms with Gasteiger partial charge in [-0.1, -0.05) is 24.4 Å². The van der Waals surface area contributed by atoms with Crippen molar-refractivity contribution in [2.45, 2.75) is 31.7 Å². The average molecular weight is 347 g/mol. The molecule has 1 heterocycles. The molecule has 126 valence electrons. The maximum atomic E-state index is 12.3. The molecule has 6 nitrogen and oxygen atoms in total. The van der Waals surface area contributed by atoms with Gasteiger partial charge in [0.25, 0.3) is 5.91 Å². The molecule has 1 aromatic heterocycles. The maximum absolute atomic E-state index is 12.3. The molecule has 0 radical (unpaired) electrons. The molecule has 0 bridgehead atoms. The number of rotatable bonds is 5. The van der Waals surface area contributed by atoms with Crippen LogP contribution in [0.1, 0.15) is 36.2 Å². The quantitative estimate of drug-likeness (QED) is 0.862. The van der Waals surface area contributed by atoms with Gasteiger partial charge in [0.15, 0.2) is 0 Å². The zero-order valence-corrected chi connectivity index (χ0v) is 14.1. The van der Waals surface area contributed by atoms with Crippen molar-refractivity contribution in [2.24, 2.45) is 0 Å². The molecule has 3 rings (SSSR count). The minimum atomic E-state index is -0.365. The van der Waals surface area contributed by atoms with Crippen molar-refractivity contribution in [3.63, 3.8) is 0 Å². The highest BCUT2D eigenvalue weighted by Crippen LogP contribution is 2.28. The van der Waals surface area contributed by atoms with E-state index in [4.69, 9.17) is 16.3 Å². The molecule has 0 atom stereocenters. The molecule has 1 saturated carbocycles. The Balaban J connectivity index is 1.67. The van der Waals surface area contributed by atoms with Crippen LogP contribution in [0.5, 0.6) is 5.75 Å². The fourth-order valence-electron chi connectivity index (χ4n) is 2.76. The number of methoxy groups -OCH3 is 1. The van der Waals surface area contributed by atoms with E-state index in [0.29, 0.717) is 28.3 Å². The monoisotopic (exact) mass is 346 g/mol. The smallest absolute Gasteiger partial charge is 0.275 e. The third-order valence-corrected chi connectivity index (χ3v) is 4.24. The Bertz CT molecular complexity index is 715. The van der Waals surface area contributed by atoms with Gasteiger partial charge in [0, 0.05) is 11.1 Å². The summed E-state index contributed by atoms with van der Waals surface area (Å²) in [5.41, 5.74) is 0.721. The van der Waals surface area contributed by atoms with Crippen LogP contribution in [0.15, 0.2) is 30.6 Å². The molecule has 0 spiro atoms. The molecule has 0 aliphatic heterocycles. The van der Waals surface area contributed by atoms with E-state index in [0.717, 1.165) is 12.8 Å². The van der Waals surface area contributed by atoms with Crippen molar-refractivity contribution in [1.29, 1.82) is 0 Å². The van der Waals surface area contributed by atoms with Crippen molar-refractivity contribution in [3.8, 4) is 5.75 Å². The zero-order chi connectivity index (χ0) is 16.9. The molecule has 1 fully saturated rings. The number of carbonyl (C=O) groups excluding carboxylic acids is 1. The number of halogens is 1. The zero-order valence-electron chi connectivity index (χ0n) is 13.4. The molecule has 1 aliphatic rings. The van der Waals surface area contributed by atoms with E-state index in [9.17, 15) is 4.79 Å². The minimum absolute atomic E-state index is 0.231. The Labute approximate surface area is 145 Å². The van der Waals surface area contributed by atoms with Crippen LogP contribution >= 0.6 is 11.6 Å². The standard InChI is InChI=1S/C17H19ClN4O2/c1-24-15-7-6-11(18)8-13(15)22-17(23)14-9-20-16(10-19-14)21-12-4-2-3-5-12/h6-10,12H,2-5H2,1H3,(H,20,21)(H,22,23). The topological polar surface area (TPSA) is 76.1 Å². The van der Waals surface area contributed by atoms with Gasteiger partial charge < -0.3 is 15.4 Å². The lowest BCUT2D eigenvalue weighted by Gasteiger charge is -2.12. The highest BCUT2D eigenvalue weighted by atomic mass is 35.5. The van der Waals surface area contributed by atoms with Crippen LogP contribution in [-0.2, 0) is 0 Å². The van der Waals surface area contributed by atoms with Crippen LogP contribution in [0.25, 0.3) is 0 Å². The second kappa shape index (κ2) is 7.49. The molecular weight excluding hydrogens is 328 g/mol. The number of carbonyl (C=O) groups is 1. The van der Waals surface area contributed by atoms with Gasteiger partial charge in [-0.05, 0) is 31.0 Å². The summed E-state index contributed by atoms with van der Waals surface area (Å²) in [6.45, 7) is 0. The van der Waals surface area contributed by atoms with Gasteiger partial charge in [-0.25, -0.2) is 9.97 Å². The normalized spacial score (nSPS) is 14.4. The highest BCUT2D eigenvalue weighted by Gasteiger charge is 2.16. The number of hydrogen-bond acceptors (Lipinski definition) is 5. The second-order valence-corrected chi connectivity index (χ2v) is 6.15. The lowest BCUT2D eigenvalue weighted by molar-refractivity contribution is 0.102. The molecule has 7 heteroatoms. The summed E-state index contributed by atoms with van der Waals surface area (Å²) in [5.74, 6) is 0.856. The van der Waals surface area contributed by atoms with Gasteiger partial charge in [0.1, 0.15) is 17.3 Å². The summed E-state index contributed by atoms with van der Waals surface area (Å²) >= 11 is 5.96. The van der Waals surface area contributed by atoms with Crippen LogP contribution in [0, 0.1) is 0 Å². The van der Waals surface area contributed by atoms with Crippen LogP contribution in [0.4, 0.5) is 11.5 Å². The minimum Gasteiger partial charge on any atom is -0.495 e. The highest BCUT2D eigenvalue weighted by molar-refractivity contribution is 6.31. The van der Waals surface area contributed by atoms with Gasteiger partial charge >= 0.3 is 0 Å². The number of amides is 1. The number of ether oxygens (including phenoxy) is 1. The van der Waals surface area contributed by atoms with Crippen LogP contribution < -0.4 is 15.4 Å². The number of benzene rings is 1. The van der Waals surface area contributed by atoms with Crippen molar-refractivity contribution in [1.82, 2.24) is 9.97 Å². The molecule has 2 N–H and O–H groups in total. The van der Waals surface area contributed by atoms with E-state index < -0.39 is 0 Å². The first-order valence-corrected chi connectivity index (χ1v) is 8.27. The molecular formula is C17H19ClN4O2. The van der Waals surface area contributed by atoms with Gasteiger partial charge in [0.2, 0.25) is 0 Å². The first-order valence-electron chi connectivity index (χ1n) is 7.89. The van der Waals surface area contributed by atoms with Gasteiger partial charge in [0.05, 0.1) is 25.2 Å². The Morgan fingerprint density at radius 3 is 2.71 bits per heavy atom. The van der Waals surface area contributed by atoms with Gasteiger partial charge in [-0.15, -0.1) is 0 Å². The number of nitrogens with one attached hydrogen (secondary N) is 2. The van der Waals surface area contributed by atoms with Crippen molar-refractivity contribution in [2.75, 3.05) is 17.7 Å². The molecule has 1 aromatic carbocycles. The maximum Gasteiger partial charge on any atom is 0.275 e. The predicted octanol–water partition coefficient (Wildman–Crippen LogP) is 3.75. The third-order valence-electron chi connectivity index (χ3n) is 4.00. The first kappa shape index (κ1) is 16.5. The molecule has 0 unspecified atom stereocenters. The fraction of sp³-hybridized carbons (Fsp3) is 0.353. The van der Waals surface area contributed by atoms with Gasteiger partial charge in [-0.3, -0.25) is 4.79 Å². The predicted molar refractivity (Wildman–Crippen MR) is 93.9 cm³/mol. The summed E-state index contributed by atoms with van der Waals surface area (Å²) in [6.07, 6.45) is 7.84. The lowest BCUT2D eigenvalue weighted by atomic mass is 10.2. The van der Waals surface area contributed by atoms with Crippen LogP contribution in [0.2, 0.25) is 5.02 Å². The largest absolute Gasteiger partial charge is 0.495 e. The van der Waals surface area contributed by atoms with Crippen LogP contribution in [-0.4, -0.2) is 29.0 Å². The van der Waals surface area contributed by atoms with Crippen molar-refractivity contribution >= 4 is 29.0 Å². The third kappa shape index (κ3) is 3.94. The molecule has 1 aliphatic carbocycles. The van der Waals surface area contributed by atoms with E-state index in [1.165, 1.54) is 26.1 Å². The van der Waals surface area contributed by atoms with E-state index in [1.807, 2.05) is 0 Å². The van der Waals surface area contributed by atoms with E-state index in [-0.39, 0.29) is 11.6 Å². The SMILES string of the molecule is COc1ccc(Cl)cc1NC(=O)c1cnc(NC2CCCC2)cn1. The average Bonchev–Trinajstić information content (AvgIpc) is 3.09. The Morgan fingerprint density at radius 1 is 1.25 bits per heavy atom. The second-order valence-electron chi connectivity index (χ2n) is 5.71. The van der Waals surface area contributed by atoms with Crippen molar-refractivity contribution < 1.29 is 9.53 Å². The van der Waals surface area contributed by atoms with Gasteiger partial charge in [-0.2, -0.15) is 0 Å².